The van der Waals surface area contributed by atoms with Crippen LogP contribution < -0.4 is 4.74 Å². The minimum Gasteiger partial charge on any atom is -0.492 e. The molecule has 0 atom stereocenters. The quantitative estimate of drug-likeness (QED) is 0.759. The van der Waals surface area contributed by atoms with Crippen molar-refractivity contribution in [3.63, 3.8) is 0 Å². The van der Waals surface area contributed by atoms with Crippen molar-refractivity contribution in [2.75, 3.05) is 39.3 Å². The van der Waals surface area contributed by atoms with E-state index in [9.17, 15) is 12.8 Å². The molecule has 0 amide bonds. The predicted octanol–water partition coefficient (Wildman–Crippen LogP) is 2.83. The molecular formula is C20H25FN2O3S. The standard InChI is InChI=1S/C20H25FN2O3S/c1-16-4-3-5-19(14-16)26-13-12-22-8-10-23(11-9-22)27(24,25)20-7-6-18(21)15-17(20)2/h3-7,14-15H,8-13H2,1-2H3. The second-order valence-electron chi connectivity index (χ2n) is 6.82. The number of piperazine rings is 1. The van der Waals surface area contributed by atoms with Crippen LogP contribution in [-0.2, 0) is 10.0 Å². The van der Waals surface area contributed by atoms with E-state index in [1.54, 1.807) is 6.92 Å². The molecule has 7 heteroatoms. The van der Waals surface area contributed by atoms with E-state index in [2.05, 4.69) is 4.90 Å². The van der Waals surface area contributed by atoms with Gasteiger partial charge in [0.15, 0.2) is 0 Å². The normalized spacial score (nSPS) is 16.4. The molecular weight excluding hydrogens is 367 g/mol. The average molecular weight is 392 g/mol. The van der Waals surface area contributed by atoms with E-state index in [-0.39, 0.29) is 4.90 Å². The van der Waals surface area contributed by atoms with Gasteiger partial charge in [-0.2, -0.15) is 4.31 Å². The molecule has 1 fully saturated rings. The van der Waals surface area contributed by atoms with Gasteiger partial charge in [-0.1, -0.05) is 12.1 Å². The summed E-state index contributed by atoms with van der Waals surface area (Å²) in [6.45, 7) is 7.09. The average Bonchev–Trinajstić information content (AvgIpc) is 2.62. The summed E-state index contributed by atoms with van der Waals surface area (Å²) in [5, 5.41) is 0. The molecule has 1 aliphatic heterocycles. The van der Waals surface area contributed by atoms with Crippen LogP contribution in [0.2, 0.25) is 0 Å². The van der Waals surface area contributed by atoms with Crippen LogP contribution in [0, 0.1) is 19.7 Å². The molecule has 2 aromatic rings. The van der Waals surface area contributed by atoms with Crippen LogP contribution in [0.25, 0.3) is 0 Å². The zero-order chi connectivity index (χ0) is 19.4. The van der Waals surface area contributed by atoms with Crippen LogP contribution in [-0.4, -0.2) is 57.0 Å². The largest absolute Gasteiger partial charge is 0.492 e. The van der Waals surface area contributed by atoms with Crippen LogP contribution in [0.4, 0.5) is 4.39 Å². The fourth-order valence-corrected chi connectivity index (χ4v) is 4.86. The van der Waals surface area contributed by atoms with Crippen LogP contribution in [0.1, 0.15) is 11.1 Å². The summed E-state index contributed by atoms with van der Waals surface area (Å²) in [5.74, 6) is 0.424. The first-order valence-electron chi connectivity index (χ1n) is 9.04. The van der Waals surface area contributed by atoms with Crippen molar-refractivity contribution >= 4 is 10.0 Å². The number of halogens is 1. The summed E-state index contributed by atoms with van der Waals surface area (Å²) in [6, 6.07) is 11.7. The highest BCUT2D eigenvalue weighted by molar-refractivity contribution is 7.89. The Kier molecular flexibility index (Phi) is 6.14. The number of sulfonamides is 1. The van der Waals surface area contributed by atoms with Crippen LogP contribution in [0.3, 0.4) is 0 Å². The second-order valence-corrected chi connectivity index (χ2v) is 8.73. The second kappa shape index (κ2) is 8.37. The van der Waals surface area contributed by atoms with Crippen molar-refractivity contribution in [3.05, 3.63) is 59.4 Å². The van der Waals surface area contributed by atoms with E-state index in [4.69, 9.17) is 4.74 Å². The molecule has 0 bridgehead atoms. The summed E-state index contributed by atoms with van der Waals surface area (Å²) in [5.41, 5.74) is 1.59. The number of nitrogens with zero attached hydrogens (tertiary/aromatic N) is 2. The van der Waals surface area contributed by atoms with E-state index < -0.39 is 15.8 Å². The lowest BCUT2D eigenvalue weighted by atomic mass is 10.2. The highest BCUT2D eigenvalue weighted by Gasteiger charge is 2.29. The lowest BCUT2D eigenvalue weighted by Gasteiger charge is -2.34. The Hall–Kier alpha value is -1.96. The Morgan fingerprint density at radius 2 is 1.78 bits per heavy atom. The van der Waals surface area contributed by atoms with Crippen molar-refractivity contribution < 1.29 is 17.5 Å². The van der Waals surface area contributed by atoms with Gasteiger partial charge in [0, 0.05) is 32.7 Å². The summed E-state index contributed by atoms with van der Waals surface area (Å²) in [6.07, 6.45) is 0. The first-order chi connectivity index (χ1) is 12.9. The van der Waals surface area contributed by atoms with Gasteiger partial charge in [-0.3, -0.25) is 4.90 Å². The molecule has 146 valence electrons. The van der Waals surface area contributed by atoms with Gasteiger partial charge in [-0.05, 0) is 55.3 Å². The zero-order valence-electron chi connectivity index (χ0n) is 15.7. The number of rotatable bonds is 6. The third kappa shape index (κ3) is 4.86. The van der Waals surface area contributed by atoms with Gasteiger partial charge in [0.05, 0.1) is 4.90 Å². The van der Waals surface area contributed by atoms with Gasteiger partial charge in [-0.15, -0.1) is 0 Å². The molecule has 5 nitrogen and oxygen atoms in total. The molecule has 0 saturated carbocycles. The molecule has 0 N–H and O–H groups in total. The third-order valence-corrected chi connectivity index (χ3v) is 6.81. The number of hydrogen-bond donors (Lipinski definition) is 0. The minimum atomic E-state index is -3.59. The van der Waals surface area contributed by atoms with Gasteiger partial charge >= 0.3 is 0 Å². The monoisotopic (exact) mass is 392 g/mol. The Morgan fingerprint density at radius 3 is 2.44 bits per heavy atom. The SMILES string of the molecule is Cc1cccc(OCCN2CCN(S(=O)(=O)c3ccc(F)cc3C)CC2)c1. The summed E-state index contributed by atoms with van der Waals surface area (Å²) in [7, 11) is -3.59. The maximum Gasteiger partial charge on any atom is 0.243 e. The molecule has 27 heavy (non-hydrogen) atoms. The molecule has 0 unspecified atom stereocenters. The summed E-state index contributed by atoms with van der Waals surface area (Å²) < 4.78 is 46.1. The predicted molar refractivity (Wildman–Crippen MR) is 103 cm³/mol. The number of hydrogen-bond acceptors (Lipinski definition) is 4. The van der Waals surface area contributed by atoms with Gasteiger partial charge in [0.25, 0.3) is 0 Å². The highest BCUT2D eigenvalue weighted by atomic mass is 32.2. The molecule has 1 saturated heterocycles. The summed E-state index contributed by atoms with van der Waals surface area (Å²) >= 11 is 0. The fraction of sp³-hybridized carbons (Fsp3) is 0.400. The van der Waals surface area contributed by atoms with Gasteiger partial charge in [0.1, 0.15) is 18.2 Å². The molecule has 1 aliphatic rings. The van der Waals surface area contributed by atoms with Crippen LogP contribution in [0.15, 0.2) is 47.4 Å². The fourth-order valence-electron chi connectivity index (χ4n) is 3.23. The van der Waals surface area contributed by atoms with Crippen molar-refractivity contribution in [3.8, 4) is 5.75 Å². The van der Waals surface area contributed by atoms with Crippen molar-refractivity contribution in [1.82, 2.24) is 9.21 Å². The lowest BCUT2D eigenvalue weighted by Crippen LogP contribution is -2.49. The maximum absolute atomic E-state index is 13.3. The van der Waals surface area contributed by atoms with Crippen molar-refractivity contribution in [1.29, 1.82) is 0 Å². The van der Waals surface area contributed by atoms with E-state index in [1.807, 2.05) is 31.2 Å². The van der Waals surface area contributed by atoms with Crippen LogP contribution >= 0.6 is 0 Å². The van der Waals surface area contributed by atoms with Gasteiger partial charge in [0.2, 0.25) is 10.0 Å². The van der Waals surface area contributed by atoms with Gasteiger partial charge in [-0.25, -0.2) is 12.8 Å². The number of benzene rings is 2. The molecule has 0 spiro atoms. The Balaban J connectivity index is 1.52. The third-order valence-electron chi connectivity index (χ3n) is 4.75. The minimum absolute atomic E-state index is 0.181. The van der Waals surface area contributed by atoms with E-state index in [1.165, 1.54) is 22.5 Å². The first-order valence-corrected chi connectivity index (χ1v) is 10.5. The first kappa shape index (κ1) is 19.8. The summed E-state index contributed by atoms with van der Waals surface area (Å²) in [4.78, 5) is 2.37. The molecule has 0 aromatic heterocycles. The Labute approximate surface area is 160 Å². The highest BCUT2D eigenvalue weighted by Crippen LogP contribution is 2.22. The Bertz CT molecular complexity index is 894. The number of ether oxygens (including phenoxy) is 1. The lowest BCUT2D eigenvalue weighted by molar-refractivity contribution is 0.159. The van der Waals surface area contributed by atoms with E-state index in [0.717, 1.165) is 17.9 Å². The molecule has 0 radical (unpaired) electrons. The van der Waals surface area contributed by atoms with Crippen molar-refractivity contribution in [2.24, 2.45) is 0 Å². The smallest absolute Gasteiger partial charge is 0.243 e. The van der Waals surface area contributed by atoms with E-state index >= 15 is 0 Å². The zero-order valence-corrected chi connectivity index (χ0v) is 16.5. The van der Waals surface area contributed by atoms with Crippen LogP contribution in [0.5, 0.6) is 5.75 Å². The molecule has 0 aliphatic carbocycles. The molecule has 1 heterocycles. The molecule has 3 rings (SSSR count). The topological polar surface area (TPSA) is 49.9 Å². The van der Waals surface area contributed by atoms with E-state index in [0.29, 0.717) is 38.3 Å². The Morgan fingerprint density at radius 1 is 1.04 bits per heavy atom. The van der Waals surface area contributed by atoms with Crippen molar-refractivity contribution in [2.45, 2.75) is 18.7 Å². The number of aryl methyl sites for hydroxylation is 2. The van der Waals surface area contributed by atoms with Gasteiger partial charge < -0.3 is 4.74 Å². The maximum atomic E-state index is 13.3. The molecule has 2 aromatic carbocycles.